The number of aryl methyl sites for hydroxylation is 3. The quantitative estimate of drug-likeness (QED) is 0.795. The average molecular weight is 347 g/mol. The average Bonchev–Trinajstić information content (AvgIpc) is 2.50. The number of aliphatic carboxylic acids is 1. The first-order chi connectivity index (χ1) is 11.6. The maximum atomic E-state index is 12.4. The van der Waals surface area contributed by atoms with Crippen molar-refractivity contribution in [3.8, 4) is 0 Å². The van der Waals surface area contributed by atoms with Crippen LogP contribution in [0, 0.1) is 19.3 Å². The van der Waals surface area contributed by atoms with Gasteiger partial charge in [-0.1, -0.05) is 43.2 Å². The van der Waals surface area contributed by atoms with Gasteiger partial charge in [-0.2, -0.15) is 0 Å². The van der Waals surface area contributed by atoms with E-state index in [2.05, 4.69) is 23.5 Å². The van der Waals surface area contributed by atoms with Crippen molar-refractivity contribution in [2.45, 2.75) is 65.5 Å². The van der Waals surface area contributed by atoms with Gasteiger partial charge in [0.2, 0.25) is 5.91 Å². The fourth-order valence-electron chi connectivity index (χ4n) is 3.81. The number of benzene rings is 1. The van der Waals surface area contributed by atoms with Gasteiger partial charge in [0.15, 0.2) is 0 Å². The lowest BCUT2D eigenvalue weighted by atomic mass is 9.54. The molecule has 0 saturated heterocycles. The van der Waals surface area contributed by atoms with Crippen LogP contribution in [0.2, 0.25) is 0 Å². The molecule has 1 aromatic rings. The van der Waals surface area contributed by atoms with E-state index in [-0.39, 0.29) is 18.4 Å². The number of carbonyl (C=O) groups excluding carboxylic acids is 1. The first-order valence-electron chi connectivity index (χ1n) is 8.85. The monoisotopic (exact) mass is 347 g/mol. The lowest BCUT2D eigenvalue weighted by molar-refractivity contribution is -0.194. The molecule has 1 aromatic carbocycles. The number of rotatable bonds is 7. The molecule has 2 unspecified atom stereocenters. The molecule has 0 aliphatic heterocycles. The zero-order valence-electron chi connectivity index (χ0n) is 15.8. The van der Waals surface area contributed by atoms with Crippen LogP contribution in [0.25, 0.3) is 0 Å². The van der Waals surface area contributed by atoms with Gasteiger partial charge in [-0.15, -0.1) is 0 Å². The maximum Gasteiger partial charge on any atom is 0.330 e. The summed E-state index contributed by atoms with van der Waals surface area (Å²) >= 11 is 0. The molecule has 0 bridgehead atoms. The van der Waals surface area contributed by atoms with Gasteiger partial charge in [0.05, 0.1) is 6.10 Å². The molecule has 0 aromatic heterocycles. The highest BCUT2D eigenvalue weighted by Gasteiger charge is 2.66. The zero-order valence-corrected chi connectivity index (χ0v) is 15.8. The van der Waals surface area contributed by atoms with Gasteiger partial charge < -0.3 is 15.2 Å². The van der Waals surface area contributed by atoms with Crippen molar-refractivity contribution in [3.05, 3.63) is 34.9 Å². The smallest absolute Gasteiger partial charge is 0.330 e. The summed E-state index contributed by atoms with van der Waals surface area (Å²) in [6.45, 7) is 10.2. The predicted octanol–water partition coefficient (Wildman–Crippen LogP) is 3.01. The molecule has 25 heavy (non-hydrogen) atoms. The second-order valence-corrected chi connectivity index (χ2v) is 7.62. The van der Waals surface area contributed by atoms with Crippen molar-refractivity contribution in [3.63, 3.8) is 0 Å². The van der Waals surface area contributed by atoms with E-state index >= 15 is 0 Å². The molecular formula is C20H29NO4. The third-order valence-corrected chi connectivity index (χ3v) is 5.40. The molecule has 1 aliphatic rings. The van der Waals surface area contributed by atoms with Crippen LogP contribution in [0.1, 0.15) is 50.3 Å². The molecule has 0 radical (unpaired) electrons. The molecule has 138 valence electrons. The maximum absolute atomic E-state index is 12.4. The lowest BCUT2D eigenvalue weighted by Gasteiger charge is -2.58. The normalized spacial score (nSPS) is 24.4. The van der Waals surface area contributed by atoms with E-state index in [1.165, 1.54) is 0 Å². The standard InChI is InChI=1S/C20H29NO4/c1-6-25-16-12-20(18(23)24,19(16,4)5)21-17(22)8-7-15-10-13(2)9-14(3)11-15/h9-11,16H,6-8,12H2,1-5H3,(H,21,22)(H,23,24). The van der Waals surface area contributed by atoms with Crippen LogP contribution in [0.15, 0.2) is 18.2 Å². The molecule has 1 aliphatic carbocycles. The summed E-state index contributed by atoms with van der Waals surface area (Å²) in [4.78, 5) is 24.3. The van der Waals surface area contributed by atoms with Gasteiger partial charge in [0, 0.05) is 24.9 Å². The lowest BCUT2D eigenvalue weighted by Crippen LogP contribution is -2.76. The van der Waals surface area contributed by atoms with E-state index in [1.54, 1.807) is 0 Å². The Morgan fingerprint density at radius 3 is 2.32 bits per heavy atom. The Morgan fingerprint density at radius 1 is 1.24 bits per heavy atom. The van der Waals surface area contributed by atoms with Crippen molar-refractivity contribution >= 4 is 11.9 Å². The Labute approximate surface area is 149 Å². The molecule has 2 atom stereocenters. The van der Waals surface area contributed by atoms with Crippen molar-refractivity contribution in [1.82, 2.24) is 5.32 Å². The molecule has 5 heteroatoms. The van der Waals surface area contributed by atoms with Gasteiger partial charge in [0.1, 0.15) is 5.54 Å². The second-order valence-electron chi connectivity index (χ2n) is 7.62. The van der Waals surface area contributed by atoms with E-state index in [1.807, 2.05) is 34.6 Å². The highest BCUT2D eigenvalue weighted by atomic mass is 16.5. The summed E-state index contributed by atoms with van der Waals surface area (Å²) in [6.07, 6.45) is 1.01. The summed E-state index contributed by atoms with van der Waals surface area (Å²) in [5.41, 5.74) is 1.52. The Bertz CT molecular complexity index is 647. The SMILES string of the molecule is CCOC1CC(NC(=O)CCc2cc(C)cc(C)c2)(C(=O)O)C1(C)C. The number of amides is 1. The molecule has 1 amide bonds. The van der Waals surface area contributed by atoms with Crippen molar-refractivity contribution < 1.29 is 19.4 Å². The molecule has 0 heterocycles. The highest BCUT2D eigenvalue weighted by molar-refractivity contribution is 5.89. The number of ether oxygens (including phenoxy) is 1. The third kappa shape index (κ3) is 3.71. The minimum absolute atomic E-state index is 0.159. The Balaban J connectivity index is 2.03. The third-order valence-electron chi connectivity index (χ3n) is 5.40. The summed E-state index contributed by atoms with van der Waals surface area (Å²) < 4.78 is 5.62. The van der Waals surface area contributed by atoms with Crippen molar-refractivity contribution in [2.24, 2.45) is 5.41 Å². The molecule has 1 fully saturated rings. The molecule has 2 rings (SSSR count). The number of carboxylic acids is 1. The predicted molar refractivity (Wildman–Crippen MR) is 96.6 cm³/mol. The minimum atomic E-state index is -1.26. The van der Waals surface area contributed by atoms with E-state index < -0.39 is 16.9 Å². The molecule has 5 nitrogen and oxygen atoms in total. The van der Waals surface area contributed by atoms with Crippen LogP contribution >= 0.6 is 0 Å². The highest BCUT2D eigenvalue weighted by Crippen LogP contribution is 2.51. The Kier molecular flexibility index (Phi) is 5.57. The van der Waals surface area contributed by atoms with Gasteiger partial charge in [-0.25, -0.2) is 4.79 Å². The largest absolute Gasteiger partial charge is 0.479 e. The van der Waals surface area contributed by atoms with Crippen LogP contribution < -0.4 is 5.32 Å². The Hall–Kier alpha value is -1.88. The first kappa shape index (κ1) is 19.4. The van der Waals surface area contributed by atoms with E-state index in [0.717, 1.165) is 16.7 Å². The van der Waals surface area contributed by atoms with Crippen LogP contribution in [0.3, 0.4) is 0 Å². The first-order valence-corrected chi connectivity index (χ1v) is 8.85. The van der Waals surface area contributed by atoms with Gasteiger partial charge in [0.25, 0.3) is 0 Å². The summed E-state index contributed by atoms with van der Waals surface area (Å²) in [5.74, 6) is -1.22. The number of hydrogen-bond donors (Lipinski definition) is 2. The van der Waals surface area contributed by atoms with Crippen LogP contribution in [0.4, 0.5) is 0 Å². The van der Waals surface area contributed by atoms with Crippen molar-refractivity contribution in [1.29, 1.82) is 0 Å². The summed E-state index contributed by atoms with van der Waals surface area (Å²) in [7, 11) is 0. The Morgan fingerprint density at radius 2 is 1.84 bits per heavy atom. The van der Waals surface area contributed by atoms with E-state index in [0.29, 0.717) is 19.4 Å². The van der Waals surface area contributed by atoms with Crippen LogP contribution in [-0.2, 0) is 20.7 Å². The topological polar surface area (TPSA) is 75.6 Å². The fourth-order valence-corrected chi connectivity index (χ4v) is 3.81. The number of carbonyl (C=O) groups is 2. The van der Waals surface area contributed by atoms with Crippen LogP contribution in [0.5, 0.6) is 0 Å². The van der Waals surface area contributed by atoms with Crippen molar-refractivity contribution in [2.75, 3.05) is 6.61 Å². The zero-order chi connectivity index (χ0) is 18.8. The molecular weight excluding hydrogens is 318 g/mol. The summed E-state index contributed by atoms with van der Waals surface area (Å²) in [6, 6.07) is 6.21. The number of carboxylic acid groups (broad SMARTS) is 1. The minimum Gasteiger partial charge on any atom is -0.479 e. The number of nitrogens with one attached hydrogen (secondary N) is 1. The molecule has 1 saturated carbocycles. The van der Waals surface area contributed by atoms with Crippen LogP contribution in [-0.4, -0.2) is 35.2 Å². The fraction of sp³-hybridized carbons (Fsp3) is 0.600. The molecule has 0 spiro atoms. The molecule has 2 N–H and O–H groups in total. The van der Waals surface area contributed by atoms with Gasteiger partial charge in [-0.05, 0) is 32.8 Å². The van der Waals surface area contributed by atoms with E-state index in [9.17, 15) is 14.7 Å². The summed E-state index contributed by atoms with van der Waals surface area (Å²) in [5, 5.41) is 12.5. The van der Waals surface area contributed by atoms with E-state index in [4.69, 9.17) is 4.74 Å². The van der Waals surface area contributed by atoms with Gasteiger partial charge >= 0.3 is 5.97 Å². The van der Waals surface area contributed by atoms with Gasteiger partial charge in [-0.3, -0.25) is 4.79 Å². The number of hydrogen-bond acceptors (Lipinski definition) is 3. The second kappa shape index (κ2) is 7.16.